The molecule has 2 nitrogen and oxygen atoms in total. The van der Waals surface area contributed by atoms with Crippen molar-refractivity contribution in [1.29, 1.82) is 0 Å². The number of hydrogen-bond acceptors (Lipinski definition) is 2. The van der Waals surface area contributed by atoms with Gasteiger partial charge in [-0.05, 0) is 27.6 Å². The molecule has 0 fully saturated rings. The zero-order valence-electron chi connectivity index (χ0n) is 7.31. The highest BCUT2D eigenvalue weighted by atomic mass is 79.9. The number of carbonyl (C=O) groups is 1. The summed E-state index contributed by atoms with van der Waals surface area (Å²) in [5.41, 5.74) is 1.31. The summed E-state index contributed by atoms with van der Waals surface area (Å²) in [6.45, 7) is 0. The number of alkyl halides is 1. The zero-order chi connectivity index (χ0) is 10.7. The van der Waals surface area contributed by atoms with Crippen LogP contribution in [-0.4, -0.2) is 13.1 Å². The summed E-state index contributed by atoms with van der Waals surface area (Å²) < 4.78 is 5.24. The molecule has 0 aliphatic rings. The van der Waals surface area contributed by atoms with E-state index in [1.807, 2.05) is 0 Å². The maximum atomic E-state index is 11.4. The molecular formula is C9H7Br2ClO2. The number of esters is 1. The lowest BCUT2D eigenvalue weighted by molar-refractivity contribution is 0.0599. The van der Waals surface area contributed by atoms with Gasteiger partial charge in [-0.15, -0.1) is 0 Å². The maximum Gasteiger partial charge on any atom is 0.339 e. The highest BCUT2D eigenvalue weighted by molar-refractivity contribution is 9.10. The molecule has 76 valence electrons. The number of ether oxygens (including phenoxy) is 1. The zero-order valence-corrected chi connectivity index (χ0v) is 11.2. The lowest BCUT2D eigenvalue weighted by atomic mass is 10.1. The van der Waals surface area contributed by atoms with Crippen LogP contribution in [0.15, 0.2) is 16.6 Å². The molecule has 1 rings (SSSR count). The molecule has 0 aliphatic carbocycles. The number of benzene rings is 1. The van der Waals surface area contributed by atoms with Gasteiger partial charge in [-0.2, -0.15) is 0 Å². The molecule has 0 unspecified atom stereocenters. The number of hydrogen-bond donors (Lipinski definition) is 0. The average Bonchev–Trinajstić information content (AvgIpc) is 2.20. The van der Waals surface area contributed by atoms with Crippen molar-refractivity contribution in [2.75, 3.05) is 7.11 Å². The molecule has 0 spiro atoms. The molecule has 0 bridgehead atoms. The molecule has 0 saturated carbocycles. The fraction of sp³-hybridized carbons (Fsp3) is 0.222. The van der Waals surface area contributed by atoms with Crippen LogP contribution in [-0.2, 0) is 10.1 Å². The van der Waals surface area contributed by atoms with Crippen molar-refractivity contribution in [2.24, 2.45) is 0 Å². The summed E-state index contributed by atoms with van der Waals surface area (Å²) in [4.78, 5) is 11.4. The Kier molecular flexibility index (Phi) is 4.41. The molecule has 0 heterocycles. The third kappa shape index (κ3) is 2.30. The Balaban J connectivity index is 3.35. The van der Waals surface area contributed by atoms with E-state index in [2.05, 4.69) is 36.6 Å². The molecule has 0 atom stereocenters. The first-order valence-corrected chi connectivity index (χ1v) is 6.02. The largest absolute Gasteiger partial charge is 0.465 e. The fourth-order valence-corrected chi connectivity index (χ4v) is 2.20. The summed E-state index contributed by atoms with van der Waals surface area (Å²) >= 11 is 12.4. The van der Waals surface area contributed by atoms with Gasteiger partial charge in [0.2, 0.25) is 0 Å². The monoisotopic (exact) mass is 340 g/mol. The maximum absolute atomic E-state index is 11.4. The SMILES string of the molecule is COC(=O)c1c(CBr)ccc(Cl)c1Br. The van der Waals surface area contributed by atoms with Gasteiger partial charge in [0.15, 0.2) is 0 Å². The van der Waals surface area contributed by atoms with Crippen LogP contribution in [0.1, 0.15) is 15.9 Å². The normalized spacial score (nSPS) is 10.0. The fourth-order valence-electron chi connectivity index (χ4n) is 1.02. The Morgan fingerprint density at radius 2 is 2.21 bits per heavy atom. The van der Waals surface area contributed by atoms with Crippen LogP contribution in [0.25, 0.3) is 0 Å². The first kappa shape index (κ1) is 12.0. The summed E-state index contributed by atoms with van der Waals surface area (Å²) in [5.74, 6) is -0.395. The van der Waals surface area contributed by atoms with Crippen molar-refractivity contribution in [3.05, 3.63) is 32.8 Å². The molecule has 0 radical (unpaired) electrons. The van der Waals surface area contributed by atoms with E-state index in [4.69, 9.17) is 11.6 Å². The third-order valence-corrected chi connectivity index (χ3v) is 3.69. The summed E-state index contributed by atoms with van der Waals surface area (Å²) in [5, 5.41) is 1.07. The van der Waals surface area contributed by atoms with E-state index in [9.17, 15) is 4.79 Å². The van der Waals surface area contributed by atoms with E-state index in [-0.39, 0.29) is 0 Å². The van der Waals surface area contributed by atoms with Crippen LogP contribution in [0.5, 0.6) is 0 Å². The van der Waals surface area contributed by atoms with Gasteiger partial charge >= 0.3 is 5.97 Å². The lowest BCUT2D eigenvalue weighted by Gasteiger charge is -2.08. The molecule has 0 N–H and O–H groups in total. The van der Waals surface area contributed by atoms with Crippen molar-refractivity contribution in [3.63, 3.8) is 0 Å². The minimum absolute atomic E-state index is 0.395. The molecule has 1 aromatic carbocycles. The Labute approximate surface area is 104 Å². The molecule has 0 saturated heterocycles. The second kappa shape index (κ2) is 5.14. The third-order valence-electron chi connectivity index (χ3n) is 1.71. The van der Waals surface area contributed by atoms with E-state index in [1.54, 1.807) is 12.1 Å². The molecular weight excluding hydrogens is 335 g/mol. The van der Waals surface area contributed by atoms with Crippen LogP contribution in [0.4, 0.5) is 0 Å². The average molecular weight is 342 g/mol. The first-order valence-electron chi connectivity index (χ1n) is 3.73. The minimum Gasteiger partial charge on any atom is -0.465 e. The van der Waals surface area contributed by atoms with Gasteiger partial charge in [-0.1, -0.05) is 33.6 Å². The van der Waals surface area contributed by atoms with E-state index in [0.717, 1.165) is 5.56 Å². The van der Waals surface area contributed by atoms with E-state index in [1.165, 1.54) is 7.11 Å². The van der Waals surface area contributed by atoms with Crippen LogP contribution in [0.2, 0.25) is 5.02 Å². The van der Waals surface area contributed by atoms with E-state index in [0.29, 0.717) is 20.4 Å². The second-order valence-electron chi connectivity index (χ2n) is 2.52. The second-order valence-corrected chi connectivity index (χ2v) is 4.28. The Bertz CT molecular complexity index is 366. The van der Waals surface area contributed by atoms with Crippen LogP contribution in [0, 0.1) is 0 Å². The number of halogens is 3. The van der Waals surface area contributed by atoms with Crippen LogP contribution >= 0.6 is 43.5 Å². The number of methoxy groups -OCH3 is 1. The molecule has 5 heteroatoms. The van der Waals surface area contributed by atoms with Gasteiger partial charge in [0.1, 0.15) is 0 Å². The molecule has 0 amide bonds. The quantitative estimate of drug-likeness (QED) is 0.604. The van der Waals surface area contributed by atoms with Crippen molar-refractivity contribution in [3.8, 4) is 0 Å². The van der Waals surface area contributed by atoms with Crippen molar-refractivity contribution >= 4 is 49.4 Å². The molecule has 0 aromatic heterocycles. The van der Waals surface area contributed by atoms with Gasteiger partial charge in [-0.25, -0.2) is 4.79 Å². The van der Waals surface area contributed by atoms with Gasteiger partial charge in [0.05, 0.1) is 22.2 Å². The van der Waals surface area contributed by atoms with E-state index < -0.39 is 5.97 Å². The first-order chi connectivity index (χ1) is 6.61. The molecule has 14 heavy (non-hydrogen) atoms. The predicted octanol–water partition coefficient (Wildman–Crippen LogP) is 3.78. The van der Waals surface area contributed by atoms with Crippen molar-refractivity contribution < 1.29 is 9.53 Å². The number of carbonyl (C=O) groups excluding carboxylic acids is 1. The number of rotatable bonds is 2. The standard InChI is InChI=1S/C9H7Br2ClO2/c1-14-9(13)7-5(4-10)2-3-6(12)8(7)11/h2-3H,4H2,1H3. The Hall–Kier alpha value is -0.0600. The van der Waals surface area contributed by atoms with Crippen LogP contribution in [0.3, 0.4) is 0 Å². The van der Waals surface area contributed by atoms with Crippen molar-refractivity contribution in [2.45, 2.75) is 5.33 Å². The molecule has 1 aromatic rings. The highest BCUT2D eigenvalue weighted by Crippen LogP contribution is 2.30. The smallest absolute Gasteiger partial charge is 0.339 e. The van der Waals surface area contributed by atoms with Gasteiger partial charge in [0.25, 0.3) is 0 Å². The summed E-state index contributed by atoms with van der Waals surface area (Å²) in [7, 11) is 1.34. The Morgan fingerprint density at radius 3 is 2.71 bits per heavy atom. The van der Waals surface area contributed by atoms with E-state index >= 15 is 0 Å². The minimum atomic E-state index is -0.395. The van der Waals surface area contributed by atoms with Gasteiger partial charge in [-0.3, -0.25) is 0 Å². The molecule has 0 aliphatic heterocycles. The predicted molar refractivity (Wildman–Crippen MR) is 63.1 cm³/mol. The van der Waals surface area contributed by atoms with Crippen molar-refractivity contribution in [1.82, 2.24) is 0 Å². The Morgan fingerprint density at radius 1 is 1.57 bits per heavy atom. The van der Waals surface area contributed by atoms with Gasteiger partial charge < -0.3 is 4.74 Å². The van der Waals surface area contributed by atoms with Crippen LogP contribution < -0.4 is 0 Å². The highest BCUT2D eigenvalue weighted by Gasteiger charge is 2.17. The summed E-state index contributed by atoms with van der Waals surface area (Å²) in [6, 6.07) is 3.52. The summed E-state index contributed by atoms with van der Waals surface area (Å²) in [6.07, 6.45) is 0. The lowest BCUT2D eigenvalue weighted by Crippen LogP contribution is -2.06. The van der Waals surface area contributed by atoms with Gasteiger partial charge in [0, 0.05) is 5.33 Å². The topological polar surface area (TPSA) is 26.3 Å².